The summed E-state index contributed by atoms with van der Waals surface area (Å²) in [5, 5.41) is 13.7. The number of hydrogen-bond donors (Lipinski definition) is 2. The smallest absolute Gasteiger partial charge is 0.170 e. The summed E-state index contributed by atoms with van der Waals surface area (Å²) in [7, 11) is 0. The van der Waals surface area contributed by atoms with E-state index < -0.39 is 0 Å². The Balaban J connectivity index is 1.83. The average Bonchev–Trinajstić information content (AvgIpc) is 3.19. The van der Waals surface area contributed by atoms with Gasteiger partial charge >= 0.3 is 0 Å². The molecule has 0 spiro atoms. The maximum atomic E-state index is 9.61. The van der Waals surface area contributed by atoms with Gasteiger partial charge in [-0.25, -0.2) is 4.98 Å². The number of aliphatic hydroxyl groups is 1. The molecule has 1 aliphatic rings. The largest absolute Gasteiger partial charge is 0.395 e. The first-order chi connectivity index (χ1) is 13.6. The first kappa shape index (κ1) is 18.6. The van der Waals surface area contributed by atoms with E-state index in [0.29, 0.717) is 11.7 Å². The van der Waals surface area contributed by atoms with Crippen LogP contribution in [-0.2, 0) is 0 Å². The molecule has 7 heteroatoms. The summed E-state index contributed by atoms with van der Waals surface area (Å²) >= 11 is 5.59. The lowest BCUT2D eigenvalue weighted by Gasteiger charge is -2.27. The van der Waals surface area contributed by atoms with Gasteiger partial charge in [-0.3, -0.25) is 4.98 Å². The third kappa shape index (κ3) is 3.16. The minimum absolute atomic E-state index is 0.0340. The van der Waals surface area contributed by atoms with Crippen LogP contribution in [0.2, 0.25) is 0 Å². The summed E-state index contributed by atoms with van der Waals surface area (Å²) in [6, 6.07) is 13.8. The van der Waals surface area contributed by atoms with Crippen molar-refractivity contribution in [1.82, 2.24) is 24.8 Å². The number of nitrogens with zero attached hydrogens (tertiary/aromatic N) is 4. The van der Waals surface area contributed by atoms with Crippen molar-refractivity contribution in [3.8, 4) is 5.82 Å². The van der Waals surface area contributed by atoms with Gasteiger partial charge in [-0.05, 0) is 62.0 Å². The van der Waals surface area contributed by atoms with Crippen molar-refractivity contribution in [2.24, 2.45) is 0 Å². The number of hydrogen-bond acceptors (Lipinski definition) is 4. The molecule has 0 aromatic carbocycles. The van der Waals surface area contributed by atoms with Crippen LogP contribution in [-0.4, -0.2) is 42.8 Å². The van der Waals surface area contributed by atoms with Crippen LogP contribution in [0.1, 0.15) is 34.7 Å². The molecule has 144 valence electrons. The SMILES string of the molecule is Cc1cc(C2C(c3ccccn3)NC(=S)N2CCO)c(C)n1-c1ccccn1. The van der Waals surface area contributed by atoms with E-state index in [2.05, 4.69) is 44.7 Å². The van der Waals surface area contributed by atoms with Gasteiger partial charge in [0.2, 0.25) is 0 Å². The number of rotatable bonds is 5. The number of aryl methyl sites for hydroxylation is 1. The second-order valence-corrected chi connectivity index (χ2v) is 7.28. The van der Waals surface area contributed by atoms with E-state index in [0.717, 1.165) is 28.5 Å². The Hall–Kier alpha value is -2.77. The molecule has 1 fully saturated rings. The third-order valence-corrected chi connectivity index (χ3v) is 5.56. The highest BCUT2D eigenvalue weighted by Crippen LogP contribution is 2.40. The Labute approximate surface area is 169 Å². The second kappa shape index (κ2) is 7.69. The van der Waals surface area contributed by atoms with Gasteiger partial charge in [-0.15, -0.1) is 0 Å². The minimum atomic E-state index is -0.0852. The van der Waals surface area contributed by atoms with Gasteiger partial charge in [0.15, 0.2) is 5.11 Å². The molecule has 4 heterocycles. The number of aliphatic hydroxyl groups excluding tert-OH is 1. The molecule has 0 saturated carbocycles. The number of β-amino-alcohol motifs (C(OH)–C–C–N with tert-alkyl or cyclic N) is 1. The summed E-state index contributed by atoms with van der Waals surface area (Å²) in [6.07, 6.45) is 3.60. The first-order valence-electron chi connectivity index (χ1n) is 9.31. The lowest BCUT2D eigenvalue weighted by molar-refractivity contribution is 0.223. The van der Waals surface area contributed by atoms with E-state index >= 15 is 0 Å². The molecule has 0 bridgehead atoms. The van der Waals surface area contributed by atoms with Crippen LogP contribution >= 0.6 is 12.2 Å². The molecule has 2 unspecified atom stereocenters. The Morgan fingerprint density at radius 3 is 2.50 bits per heavy atom. The maximum Gasteiger partial charge on any atom is 0.170 e. The number of pyridine rings is 2. The monoisotopic (exact) mass is 393 g/mol. The zero-order valence-electron chi connectivity index (χ0n) is 15.9. The lowest BCUT2D eigenvalue weighted by atomic mass is 9.97. The van der Waals surface area contributed by atoms with E-state index in [-0.39, 0.29) is 18.7 Å². The molecule has 1 saturated heterocycles. The van der Waals surface area contributed by atoms with Crippen molar-refractivity contribution in [2.75, 3.05) is 13.2 Å². The molecule has 2 atom stereocenters. The molecule has 4 rings (SSSR count). The topological polar surface area (TPSA) is 66.2 Å². The van der Waals surface area contributed by atoms with Gasteiger partial charge in [0.25, 0.3) is 0 Å². The van der Waals surface area contributed by atoms with Crippen molar-refractivity contribution >= 4 is 17.3 Å². The third-order valence-electron chi connectivity index (χ3n) is 5.21. The minimum Gasteiger partial charge on any atom is -0.395 e. The highest BCUT2D eigenvalue weighted by molar-refractivity contribution is 7.80. The summed E-state index contributed by atoms with van der Waals surface area (Å²) < 4.78 is 2.16. The molecule has 1 aliphatic heterocycles. The average molecular weight is 394 g/mol. The van der Waals surface area contributed by atoms with E-state index in [4.69, 9.17) is 12.2 Å². The van der Waals surface area contributed by atoms with E-state index in [1.165, 1.54) is 0 Å². The van der Waals surface area contributed by atoms with Gasteiger partial charge in [0.1, 0.15) is 5.82 Å². The van der Waals surface area contributed by atoms with Crippen molar-refractivity contribution < 1.29 is 5.11 Å². The van der Waals surface area contributed by atoms with Crippen LogP contribution < -0.4 is 5.32 Å². The quantitative estimate of drug-likeness (QED) is 0.650. The van der Waals surface area contributed by atoms with Crippen LogP contribution in [0.15, 0.2) is 54.9 Å². The fourth-order valence-corrected chi connectivity index (χ4v) is 4.35. The van der Waals surface area contributed by atoms with Crippen LogP contribution in [0.25, 0.3) is 5.82 Å². The standard InChI is InChI=1S/C21H23N5OS/c1-14-13-16(15(2)26(14)18-8-4-6-10-23-18)20-19(17-7-3-5-9-22-17)24-21(28)25(20)11-12-27/h3-10,13,19-20,27H,11-12H2,1-2H3,(H,24,28). The van der Waals surface area contributed by atoms with Crippen LogP contribution in [0, 0.1) is 13.8 Å². The summed E-state index contributed by atoms with van der Waals surface area (Å²) in [5.41, 5.74) is 4.29. The summed E-state index contributed by atoms with van der Waals surface area (Å²) in [5.74, 6) is 0.889. The van der Waals surface area contributed by atoms with Crippen molar-refractivity contribution in [3.63, 3.8) is 0 Å². The molecule has 2 N–H and O–H groups in total. The Bertz CT molecular complexity index is 973. The fraction of sp³-hybridized carbons (Fsp3) is 0.286. The highest BCUT2D eigenvalue weighted by Gasteiger charge is 2.41. The van der Waals surface area contributed by atoms with Crippen molar-refractivity contribution in [3.05, 3.63) is 77.5 Å². The predicted molar refractivity (Wildman–Crippen MR) is 112 cm³/mol. The molecular formula is C21H23N5OS. The Morgan fingerprint density at radius 1 is 1.11 bits per heavy atom. The maximum absolute atomic E-state index is 9.61. The van der Waals surface area contributed by atoms with Crippen LogP contribution in [0.3, 0.4) is 0 Å². The van der Waals surface area contributed by atoms with Gasteiger partial charge in [0, 0.05) is 30.3 Å². The van der Waals surface area contributed by atoms with E-state index in [1.54, 1.807) is 12.4 Å². The molecule has 3 aromatic rings. The molecule has 0 radical (unpaired) electrons. The van der Waals surface area contributed by atoms with Gasteiger partial charge in [-0.2, -0.15) is 0 Å². The number of nitrogens with one attached hydrogen (secondary N) is 1. The molecule has 6 nitrogen and oxygen atoms in total. The molecular weight excluding hydrogens is 370 g/mol. The van der Waals surface area contributed by atoms with Crippen molar-refractivity contribution in [1.29, 1.82) is 0 Å². The van der Waals surface area contributed by atoms with Crippen molar-refractivity contribution in [2.45, 2.75) is 25.9 Å². The predicted octanol–water partition coefficient (Wildman–Crippen LogP) is 2.85. The molecule has 3 aromatic heterocycles. The van der Waals surface area contributed by atoms with E-state index in [9.17, 15) is 5.11 Å². The van der Waals surface area contributed by atoms with E-state index in [1.807, 2.05) is 36.4 Å². The zero-order chi connectivity index (χ0) is 19.7. The summed E-state index contributed by atoms with van der Waals surface area (Å²) in [4.78, 5) is 11.1. The molecule has 28 heavy (non-hydrogen) atoms. The second-order valence-electron chi connectivity index (χ2n) is 6.89. The normalized spacial score (nSPS) is 19.1. The molecule has 0 aliphatic carbocycles. The van der Waals surface area contributed by atoms with Gasteiger partial charge in [-0.1, -0.05) is 12.1 Å². The fourth-order valence-electron chi connectivity index (χ4n) is 4.02. The lowest BCUT2D eigenvalue weighted by Crippen LogP contribution is -2.32. The van der Waals surface area contributed by atoms with Crippen LogP contribution in [0.4, 0.5) is 0 Å². The summed E-state index contributed by atoms with van der Waals surface area (Å²) in [6.45, 7) is 4.68. The zero-order valence-corrected chi connectivity index (χ0v) is 16.7. The first-order valence-corrected chi connectivity index (χ1v) is 9.72. The van der Waals surface area contributed by atoms with Gasteiger partial charge in [0.05, 0.1) is 24.4 Å². The number of thiocarbonyl (C=S) groups is 1. The van der Waals surface area contributed by atoms with Crippen LogP contribution in [0.5, 0.6) is 0 Å². The Morgan fingerprint density at radius 2 is 1.86 bits per heavy atom. The molecule has 0 amide bonds. The van der Waals surface area contributed by atoms with Gasteiger partial charge < -0.3 is 19.9 Å². The highest BCUT2D eigenvalue weighted by atomic mass is 32.1. The number of aromatic nitrogens is 3. The Kier molecular flexibility index (Phi) is 5.11.